The van der Waals surface area contributed by atoms with Gasteiger partial charge in [-0.3, -0.25) is 4.90 Å². The second kappa shape index (κ2) is 10.8. The normalized spacial score (nSPS) is 12.3. The van der Waals surface area contributed by atoms with E-state index in [1.54, 1.807) is 61.9 Å². The standard InChI is InChI=1S/C23H30ClN5O5S/c1-23(2,3)34-22(31)28(13-12-27(4)35(32,33)14-6-10-24)20-9-11-29-21(26-20)19(16-25-29)17-7-5-8-18(30)15-17/h5,7-9,11,15-16,30H,6,10,12-14H2,1-4H3. The fourth-order valence-electron chi connectivity index (χ4n) is 3.28. The lowest BCUT2D eigenvalue weighted by molar-refractivity contribution is 0.0578. The van der Waals surface area contributed by atoms with Crippen LogP contribution in [0.3, 0.4) is 0 Å². The van der Waals surface area contributed by atoms with Gasteiger partial charge in [-0.1, -0.05) is 12.1 Å². The zero-order valence-corrected chi connectivity index (χ0v) is 21.8. The molecule has 2 aromatic heterocycles. The van der Waals surface area contributed by atoms with Gasteiger partial charge in [-0.05, 0) is 51.0 Å². The average molecular weight is 524 g/mol. The van der Waals surface area contributed by atoms with E-state index in [1.807, 2.05) is 6.07 Å². The Balaban J connectivity index is 1.95. The number of amides is 1. The smallest absolute Gasteiger partial charge is 0.416 e. The predicted molar refractivity (Wildman–Crippen MR) is 135 cm³/mol. The van der Waals surface area contributed by atoms with E-state index in [-0.39, 0.29) is 36.3 Å². The highest BCUT2D eigenvalue weighted by molar-refractivity contribution is 7.89. The number of phenolic OH excluding ortho intramolecular Hbond substituents is 1. The summed E-state index contributed by atoms with van der Waals surface area (Å²) in [4.78, 5) is 19.0. The Morgan fingerprint density at radius 3 is 2.63 bits per heavy atom. The van der Waals surface area contributed by atoms with Crippen molar-refractivity contribution in [3.63, 3.8) is 0 Å². The van der Waals surface area contributed by atoms with Crippen LogP contribution in [0.15, 0.2) is 42.7 Å². The number of fused-ring (bicyclic) bond motifs is 1. The average Bonchev–Trinajstić information content (AvgIpc) is 3.20. The molecule has 3 aromatic rings. The van der Waals surface area contributed by atoms with Crippen molar-refractivity contribution in [2.45, 2.75) is 32.8 Å². The number of likely N-dealkylation sites (N-methyl/N-ethyl adjacent to an activating group) is 1. The number of hydrogen-bond donors (Lipinski definition) is 1. The number of nitrogens with zero attached hydrogens (tertiary/aromatic N) is 5. The Labute approximate surface area is 210 Å². The molecule has 1 amide bonds. The molecule has 0 fully saturated rings. The number of ether oxygens (including phenoxy) is 1. The van der Waals surface area contributed by atoms with Gasteiger partial charge in [0.2, 0.25) is 10.0 Å². The molecule has 10 nitrogen and oxygen atoms in total. The molecule has 0 unspecified atom stereocenters. The number of halogens is 1. The summed E-state index contributed by atoms with van der Waals surface area (Å²) in [7, 11) is -2.06. The third-order valence-corrected chi connectivity index (χ3v) is 7.26. The minimum atomic E-state index is -3.52. The second-order valence-electron chi connectivity index (χ2n) is 8.97. The van der Waals surface area contributed by atoms with Gasteiger partial charge in [0.1, 0.15) is 17.2 Å². The van der Waals surface area contributed by atoms with E-state index in [1.165, 1.54) is 16.3 Å². The summed E-state index contributed by atoms with van der Waals surface area (Å²) in [5.41, 5.74) is 1.07. The molecule has 35 heavy (non-hydrogen) atoms. The summed E-state index contributed by atoms with van der Waals surface area (Å²) < 4.78 is 33.3. The molecule has 0 spiro atoms. The van der Waals surface area contributed by atoms with Crippen molar-refractivity contribution >= 4 is 39.2 Å². The topological polar surface area (TPSA) is 117 Å². The van der Waals surface area contributed by atoms with E-state index in [0.29, 0.717) is 23.2 Å². The van der Waals surface area contributed by atoms with Crippen molar-refractivity contribution in [1.29, 1.82) is 0 Å². The van der Waals surface area contributed by atoms with Crippen LogP contribution >= 0.6 is 11.6 Å². The molecular weight excluding hydrogens is 494 g/mol. The third kappa shape index (κ3) is 6.83. The van der Waals surface area contributed by atoms with Crippen LogP contribution in [0.2, 0.25) is 0 Å². The first-order valence-corrected chi connectivity index (χ1v) is 13.2. The molecule has 1 aromatic carbocycles. The van der Waals surface area contributed by atoms with Crippen molar-refractivity contribution in [1.82, 2.24) is 18.9 Å². The van der Waals surface area contributed by atoms with Crippen LogP contribution in [0.4, 0.5) is 10.6 Å². The fraction of sp³-hybridized carbons (Fsp3) is 0.435. The summed E-state index contributed by atoms with van der Waals surface area (Å²) in [6.07, 6.45) is 2.96. The molecule has 0 aliphatic heterocycles. The van der Waals surface area contributed by atoms with Crippen molar-refractivity contribution in [2.24, 2.45) is 0 Å². The molecule has 3 rings (SSSR count). The first-order chi connectivity index (χ1) is 16.4. The summed E-state index contributed by atoms with van der Waals surface area (Å²) in [6, 6.07) is 8.30. The van der Waals surface area contributed by atoms with E-state index < -0.39 is 21.7 Å². The van der Waals surface area contributed by atoms with Gasteiger partial charge in [0.15, 0.2) is 5.65 Å². The number of aromatic hydroxyl groups is 1. The van der Waals surface area contributed by atoms with Gasteiger partial charge in [0.05, 0.1) is 11.9 Å². The molecular formula is C23H30ClN5O5S. The highest BCUT2D eigenvalue weighted by atomic mass is 35.5. The molecule has 12 heteroatoms. The number of anilines is 1. The quantitative estimate of drug-likeness (QED) is 0.424. The summed E-state index contributed by atoms with van der Waals surface area (Å²) >= 11 is 5.65. The maximum atomic E-state index is 13.1. The first kappa shape index (κ1) is 26.7. The van der Waals surface area contributed by atoms with Crippen LogP contribution in [0.25, 0.3) is 16.8 Å². The van der Waals surface area contributed by atoms with Crippen LogP contribution in [-0.4, -0.2) is 75.9 Å². The summed E-state index contributed by atoms with van der Waals surface area (Å²) in [5, 5.41) is 14.2. The molecule has 0 aliphatic rings. The zero-order chi connectivity index (χ0) is 25.8. The van der Waals surface area contributed by atoms with Gasteiger partial charge < -0.3 is 9.84 Å². The Morgan fingerprint density at radius 1 is 1.23 bits per heavy atom. The maximum absolute atomic E-state index is 13.1. The van der Waals surface area contributed by atoms with Crippen LogP contribution in [-0.2, 0) is 14.8 Å². The molecule has 0 saturated heterocycles. The van der Waals surface area contributed by atoms with Gasteiger partial charge in [0.25, 0.3) is 0 Å². The Morgan fingerprint density at radius 2 is 1.97 bits per heavy atom. The molecule has 0 bridgehead atoms. The SMILES string of the molecule is CN(CCN(C(=O)OC(C)(C)C)c1ccn2ncc(-c3cccc(O)c3)c2n1)S(=O)(=O)CCCCl. The third-order valence-electron chi connectivity index (χ3n) is 5.05. The Hall–Kier alpha value is -2.89. The number of sulfonamides is 1. The van der Waals surface area contributed by atoms with Gasteiger partial charge in [-0.15, -0.1) is 11.6 Å². The zero-order valence-electron chi connectivity index (χ0n) is 20.2. The number of carbonyl (C=O) groups is 1. The lowest BCUT2D eigenvalue weighted by Crippen LogP contribution is -2.43. The van der Waals surface area contributed by atoms with Crippen LogP contribution in [0.5, 0.6) is 5.75 Å². The maximum Gasteiger partial charge on any atom is 0.416 e. The minimum Gasteiger partial charge on any atom is -0.508 e. The highest BCUT2D eigenvalue weighted by Crippen LogP contribution is 2.27. The van der Waals surface area contributed by atoms with Gasteiger partial charge in [0, 0.05) is 37.8 Å². The predicted octanol–water partition coefficient (Wildman–Crippen LogP) is 3.73. The van der Waals surface area contributed by atoms with E-state index in [0.717, 1.165) is 0 Å². The number of phenols is 1. The molecule has 0 atom stereocenters. The molecule has 0 aliphatic carbocycles. The lowest BCUT2D eigenvalue weighted by Gasteiger charge is -2.28. The number of hydrogen-bond acceptors (Lipinski definition) is 7. The minimum absolute atomic E-state index is 0.0181. The monoisotopic (exact) mass is 523 g/mol. The van der Waals surface area contributed by atoms with Gasteiger partial charge in [-0.25, -0.2) is 27.0 Å². The molecule has 0 radical (unpaired) electrons. The number of alkyl halides is 1. The fourth-order valence-corrected chi connectivity index (χ4v) is 4.75. The van der Waals surface area contributed by atoms with Gasteiger partial charge >= 0.3 is 6.09 Å². The summed E-state index contributed by atoms with van der Waals surface area (Å²) in [5.74, 6) is 0.549. The number of aromatic nitrogens is 3. The Kier molecular flexibility index (Phi) is 8.24. The number of rotatable bonds is 9. The highest BCUT2D eigenvalue weighted by Gasteiger charge is 2.27. The van der Waals surface area contributed by atoms with E-state index in [2.05, 4.69) is 10.1 Å². The van der Waals surface area contributed by atoms with E-state index >= 15 is 0 Å². The van der Waals surface area contributed by atoms with Crippen molar-refractivity contribution in [3.05, 3.63) is 42.7 Å². The molecule has 1 N–H and O–H groups in total. The second-order valence-corrected chi connectivity index (χ2v) is 11.5. The molecule has 2 heterocycles. The van der Waals surface area contributed by atoms with Gasteiger partial charge in [-0.2, -0.15) is 5.10 Å². The van der Waals surface area contributed by atoms with Crippen molar-refractivity contribution in [2.75, 3.05) is 36.7 Å². The first-order valence-electron chi connectivity index (χ1n) is 11.1. The Bertz CT molecular complexity index is 1290. The van der Waals surface area contributed by atoms with Crippen molar-refractivity contribution < 1.29 is 23.1 Å². The van der Waals surface area contributed by atoms with E-state index in [4.69, 9.17) is 16.3 Å². The largest absolute Gasteiger partial charge is 0.508 e. The van der Waals surface area contributed by atoms with Crippen molar-refractivity contribution in [3.8, 4) is 16.9 Å². The number of benzene rings is 1. The van der Waals surface area contributed by atoms with Crippen LogP contribution in [0, 0.1) is 0 Å². The molecule has 190 valence electrons. The van der Waals surface area contributed by atoms with Crippen LogP contribution < -0.4 is 4.90 Å². The van der Waals surface area contributed by atoms with E-state index in [9.17, 15) is 18.3 Å². The number of carbonyl (C=O) groups excluding carboxylic acids is 1. The summed E-state index contributed by atoms with van der Waals surface area (Å²) in [6.45, 7) is 5.30. The van der Waals surface area contributed by atoms with Crippen LogP contribution in [0.1, 0.15) is 27.2 Å². The molecule has 0 saturated carbocycles. The lowest BCUT2D eigenvalue weighted by atomic mass is 10.1.